The number of ether oxygens (including phenoxy) is 2. The van der Waals surface area contributed by atoms with Crippen molar-refractivity contribution in [3.05, 3.63) is 71.8 Å². The third-order valence-corrected chi connectivity index (χ3v) is 7.57. The van der Waals surface area contributed by atoms with Crippen LogP contribution in [0.2, 0.25) is 0 Å². The fraction of sp³-hybridized carbons (Fsp3) is 0.484. The van der Waals surface area contributed by atoms with E-state index in [0.29, 0.717) is 36.8 Å². The summed E-state index contributed by atoms with van der Waals surface area (Å²) in [6.07, 6.45) is 11.4. The van der Waals surface area contributed by atoms with E-state index >= 15 is 0 Å². The van der Waals surface area contributed by atoms with Crippen molar-refractivity contribution in [2.45, 2.75) is 76.2 Å². The number of hydrogen-bond donors (Lipinski definition) is 2. The molecule has 4 rings (SSSR count). The van der Waals surface area contributed by atoms with Crippen LogP contribution in [0, 0.1) is 0 Å². The van der Waals surface area contributed by atoms with Gasteiger partial charge in [-0.25, -0.2) is 4.79 Å². The predicted molar refractivity (Wildman–Crippen MR) is 146 cm³/mol. The number of likely N-dealkylation sites (tertiary alicyclic amines) is 1. The number of carboxylic acid groups (broad SMARTS) is 2. The van der Waals surface area contributed by atoms with Crippen molar-refractivity contribution in [3.63, 3.8) is 0 Å². The molecule has 204 valence electrons. The summed E-state index contributed by atoms with van der Waals surface area (Å²) in [6, 6.07) is 15.3. The van der Waals surface area contributed by atoms with E-state index in [2.05, 4.69) is 4.90 Å². The number of aromatic carboxylic acids is 1. The highest BCUT2D eigenvalue weighted by Gasteiger charge is 2.40. The van der Waals surface area contributed by atoms with Gasteiger partial charge >= 0.3 is 11.9 Å². The first kappa shape index (κ1) is 28.0. The normalized spacial score (nSPS) is 22.5. The molecule has 1 aliphatic carbocycles. The fourth-order valence-corrected chi connectivity index (χ4v) is 5.59. The molecular weight excluding hydrogens is 482 g/mol. The van der Waals surface area contributed by atoms with Gasteiger partial charge in [-0.05, 0) is 68.0 Å². The Labute approximate surface area is 225 Å². The third kappa shape index (κ3) is 7.76. The molecule has 2 fully saturated rings. The second-order valence-electron chi connectivity index (χ2n) is 10.2. The van der Waals surface area contributed by atoms with Crippen molar-refractivity contribution >= 4 is 11.9 Å². The van der Waals surface area contributed by atoms with E-state index in [1.54, 1.807) is 12.1 Å². The molecule has 7 heteroatoms. The van der Waals surface area contributed by atoms with Gasteiger partial charge in [-0.15, -0.1) is 0 Å². The predicted octanol–water partition coefficient (Wildman–Crippen LogP) is 5.78. The molecule has 3 atom stereocenters. The monoisotopic (exact) mass is 521 g/mol. The molecule has 1 saturated heterocycles. The molecular formula is C31H39NO6. The van der Waals surface area contributed by atoms with Crippen molar-refractivity contribution in [1.29, 1.82) is 0 Å². The Balaban J connectivity index is 1.38. The van der Waals surface area contributed by atoms with Gasteiger partial charge in [-0.1, -0.05) is 67.5 Å². The number of hydrogen-bond acceptors (Lipinski definition) is 5. The van der Waals surface area contributed by atoms with Crippen molar-refractivity contribution in [2.75, 3.05) is 19.7 Å². The maximum absolute atomic E-state index is 11.6. The summed E-state index contributed by atoms with van der Waals surface area (Å²) < 4.78 is 12.8. The molecule has 1 heterocycles. The standard InChI is InChI=1S/C31H39NO6/c33-29(34)12-4-3-9-21-37-30-27(32-19-7-1-2-8-20-32)17-18-28(30)38-22-23-13-15-24(16-14-23)25-10-5-6-11-26(25)31(35)36/h3,5-6,9-11,13-16,27-28,30H,1-2,4,7-8,12,17-22H2,(H,33,34)(H,35,36). The Kier molecular flexibility index (Phi) is 10.5. The largest absolute Gasteiger partial charge is 0.481 e. The minimum Gasteiger partial charge on any atom is -0.481 e. The van der Waals surface area contributed by atoms with Crippen LogP contribution in [0.25, 0.3) is 11.1 Å². The maximum atomic E-state index is 11.6. The van der Waals surface area contributed by atoms with E-state index in [1.165, 1.54) is 25.7 Å². The minimum atomic E-state index is -0.934. The molecule has 2 aromatic rings. The Morgan fingerprint density at radius 1 is 0.895 bits per heavy atom. The highest BCUT2D eigenvalue weighted by atomic mass is 16.5. The summed E-state index contributed by atoms with van der Waals surface area (Å²) in [7, 11) is 0. The average molecular weight is 522 g/mol. The smallest absolute Gasteiger partial charge is 0.336 e. The summed E-state index contributed by atoms with van der Waals surface area (Å²) in [5, 5.41) is 18.3. The molecule has 1 aliphatic heterocycles. The molecule has 0 amide bonds. The lowest BCUT2D eigenvalue weighted by atomic mass is 9.99. The lowest BCUT2D eigenvalue weighted by Crippen LogP contribution is -2.45. The first-order valence-corrected chi connectivity index (χ1v) is 13.8. The molecule has 7 nitrogen and oxygen atoms in total. The van der Waals surface area contributed by atoms with E-state index in [4.69, 9.17) is 14.6 Å². The summed E-state index contributed by atoms with van der Waals surface area (Å²) in [6.45, 7) is 3.12. The van der Waals surface area contributed by atoms with Crippen molar-refractivity contribution in [3.8, 4) is 11.1 Å². The molecule has 0 spiro atoms. The van der Waals surface area contributed by atoms with Crippen LogP contribution in [0.4, 0.5) is 0 Å². The van der Waals surface area contributed by atoms with Crippen LogP contribution in [0.3, 0.4) is 0 Å². The topological polar surface area (TPSA) is 96.3 Å². The second-order valence-corrected chi connectivity index (χ2v) is 10.2. The first-order valence-electron chi connectivity index (χ1n) is 13.8. The van der Waals surface area contributed by atoms with Gasteiger partial charge in [0, 0.05) is 12.5 Å². The Bertz CT molecular complexity index is 1070. The zero-order valence-electron chi connectivity index (χ0n) is 22.0. The van der Waals surface area contributed by atoms with Crippen LogP contribution >= 0.6 is 0 Å². The highest BCUT2D eigenvalue weighted by Crippen LogP contribution is 2.32. The fourth-order valence-electron chi connectivity index (χ4n) is 5.59. The summed E-state index contributed by atoms with van der Waals surface area (Å²) in [5.74, 6) is -1.73. The van der Waals surface area contributed by atoms with E-state index < -0.39 is 11.9 Å². The number of carbonyl (C=O) groups is 2. The molecule has 3 unspecified atom stereocenters. The molecule has 2 aromatic carbocycles. The lowest BCUT2D eigenvalue weighted by molar-refractivity contribution is -0.136. The lowest BCUT2D eigenvalue weighted by Gasteiger charge is -2.33. The number of aliphatic carboxylic acids is 1. The van der Waals surface area contributed by atoms with Crippen LogP contribution < -0.4 is 0 Å². The number of carboxylic acids is 2. The van der Waals surface area contributed by atoms with Gasteiger partial charge in [0.1, 0.15) is 0 Å². The Morgan fingerprint density at radius 3 is 2.34 bits per heavy atom. The SMILES string of the molecule is O=C(O)CCC=CCOC1C(OCc2ccc(-c3ccccc3C(=O)O)cc2)CCC1N1CCCCCC1. The number of allylic oxidation sites excluding steroid dienone is 1. The van der Waals surface area contributed by atoms with Crippen molar-refractivity contribution < 1.29 is 29.3 Å². The number of rotatable bonds is 12. The van der Waals surface area contributed by atoms with Gasteiger partial charge in [-0.3, -0.25) is 9.69 Å². The molecule has 38 heavy (non-hydrogen) atoms. The van der Waals surface area contributed by atoms with E-state index in [-0.39, 0.29) is 18.6 Å². The van der Waals surface area contributed by atoms with Crippen LogP contribution in [-0.2, 0) is 20.9 Å². The van der Waals surface area contributed by atoms with Crippen molar-refractivity contribution in [1.82, 2.24) is 4.90 Å². The van der Waals surface area contributed by atoms with E-state index in [1.807, 2.05) is 48.6 Å². The van der Waals surface area contributed by atoms with E-state index in [9.17, 15) is 14.7 Å². The molecule has 1 saturated carbocycles. The zero-order chi connectivity index (χ0) is 26.7. The van der Waals surface area contributed by atoms with Gasteiger partial charge < -0.3 is 19.7 Å². The average Bonchev–Trinajstić information content (AvgIpc) is 3.12. The molecule has 0 radical (unpaired) electrons. The van der Waals surface area contributed by atoms with Crippen LogP contribution in [-0.4, -0.2) is 65.0 Å². The third-order valence-electron chi connectivity index (χ3n) is 7.57. The van der Waals surface area contributed by atoms with Gasteiger partial charge in [0.05, 0.1) is 31.0 Å². The van der Waals surface area contributed by atoms with Crippen LogP contribution in [0.15, 0.2) is 60.7 Å². The molecule has 2 N–H and O–H groups in total. The Morgan fingerprint density at radius 2 is 1.63 bits per heavy atom. The highest BCUT2D eigenvalue weighted by molar-refractivity contribution is 5.95. The number of benzene rings is 2. The van der Waals surface area contributed by atoms with E-state index in [0.717, 1.165) is 37.1 Å². The van der Waals surface area contributed by atoms with Crippen molar-refractivity contribution in [2.24, 2.45) is 0 Å². The van der Waals surface area contributed by atoms with Gasteiger partial charge in [-0.2, -0.15) is 0 Å². The van der Waals surface area contributed by atoms with Crippen LogP contribution in [0.5, 0.6) is 0 Å². The number of nitrogens with zero attached hydrogens (tertiary/aromatic N) is 1. The van der Waals surface area contributed by atoms with Gasteiger partial charge in [0.15, 0.2) is 0 Å². The second kappa shape index (κ2) is 14.2. The van der Waals surface area contributed by atoms with Gasteiger partial charge in [0.2, 0.25) is 0 Å². The summed E-state index contributed by atoms with van der Waals surface area (Å²) in [4.78, 5) is 24.9. The maximum Gasteiger partial charge on any atom is 0.336 e. The zero-order valence-corrected chi connectivity index (χ0v) is 22.0. The molecule has 0 bridgehead atoms. The quantitative estimate of drug-likeness (QED) is 0.342. The first-order chi connectivity index (χ1) is 18.5. The minimum absolute atomic E-state index is 0.0110. The molecule has 2 aliphatic rings. The summed E-state index contributed by atoms with van der Waals surface area (Å²) >= 11 is 0. The summed E-state index contributed by atoms with van der Waals surface area (Å²) in [5.41, 5.74) is 2.89. The molecule has 0 aromatic heterocycles. The Hall–Kier alpha value is -3.00. The van der Waals surface area contributed by atoms with Crippen LogP contribution in [0.1, 0.15) is 67.3 Å². The van der Waals surface area contributed by atoms with Gasteiger partial charge in [0.25, 0.3) is 0 Å².